The number of aromatic nitrogens is 2. The summed E-state index contributed by atoms with van der Waals surface area (Å²) in [6.45, 7) is 0.926. The van der Waals surface area contributed by atoms with Crippen LogP contribution in [0.2, 0.25) is 0 Å². The fourth-order valence-electron chi connectivity index (χ4n) is 3.19. The lowest BCUT2D eigenvalue weighted by Gasteiger charge is -2.26. The van der Waals surface area contributed by atoms with E-state index in [4.69, 9.17) is 4.42 Å². The molecule has 0 aliphatic carbocycles. The van der Waals surface area contributed by atoms with Gasteiger partial charge < -0.3 is 14.6 Å². The van der Waals surface area contributed by atoms with Gasteiger partial charge in [-0.3, -0.25) is 9.36 Å². The van der Waals surface area contributed by atoms with Gasteiger partial charge in [0, 0.05) is 36.7 Å². The molecule has 4 heterocycles. The highest BCUT2D eigenvalue weighted by atomic mass is 32.1. The van der Waals surface area contributed by atoms with Gasteiger partial charge in [-0.15, -0.1) is 11.3 Å². The number of carbonyl (C=O) groups is 2. The average molecular weight is 395 g/mol. The van der Waals surface area contributed by atoms with Gasteiger partial charge in [0.05, 0.1) is 18.4 Å². The smallest absolute Gasteiger partial charge is 0.329 e. The van der Waals surface area contributed by atoms with Gasteiger partial charge >= 0.3 is 6.03 Å². The zero-order chi connectivity index (χ0) is 19.5. The lowest BCUT2D eigenvalue weighted by atomic mass is 10.0. The summed E-state index contributed by atoms with van der Waals surface area (Å²) in [5.74, 6) is 0.577. The van der Waals surface area contributed by atoms with E-state index in [9.17, 15) is 14.9 Å². The SMILES string of the molecule is N#Cc1c(NC(=O)CCc2ccco2)sc2c1CCN(C(=O)n1ccnc1)C2. The molecule has 142 valence electrons. The highest BCUT2D eigenvalue weighted by Crippen LogP contribution is 2.36. The number of anilines is 1. The summed E-state index contributed by atoms with van der Waals surface area (Å²) >= 11 is 1.36. The summed E-state index contributed by atoms with van der Waals surface area (Å²) in [5, 5.41) is 13.0. The second-order valence-electron chi connectivity index (χ2n) is 6.37. The number of amides is 2. The van der Waals surface area contributed by atoms with E-state index in [2.05, 4.69) is 16.4 Å². The van der Waals surface area contributed by atoms with Crippen molar-refractivity contribution in [3.8, 4) is 6.07 Å². The standard InChI is InChI=1S/C19H17N5O3S/c20-10-15-14-5-7-23(19(26)24-8-6-21-12-24)11-16(14)28-18(15)22-17(25)4-3-13-2-1-9-27-13/h1-2,6,8-9,12H,3-5,7,11H2,(H,22,25). The average Bonchev–Trinajstić information content (AvgIpc) is 3.45. The Morgan fingerprint density at radius 3 is 3.04 bits per heavy atom. The van der Waals surface area contributed by atoms with Crippen molar-refractivity contribution in [1.82, 2.24) is 14.5 Å². The lowest BCUT2D eigenvalue weighted by molar-refractivity contribution is -0.116. The first-order valence-electron chi connectivity index (χ1n) is 8.80. The number of furan rings is 1. The van der Waals surface area contributed by atoms with Crippen LogP contribution in [-0.2, 0) is 24.2 Å². The van der Waals surface area contributed by atoms with E-state index in [0.717, 1.165) is 16.2 Å². The first-order valence-corrected chi connectivity index (χ1v) is 9.61. The number of hydrogen-bond acceptors (Lipinski definition) is 6. The number of carbonyl (C=O) groups excluding carboxylic acids is 2. The first kappa shape index (κ1) is 18.0. The van der Waals surface area contributed by atoms with Gasteiger partial charge in [0.25, 0.3) is 0 Å². The maximum absolute atomic E-state index is 12.5. The second-order valence-corrected chi connectivity index (χ2v) is 7.48. The van der Waals surface area contributed by atoms with E-state index < -0.39 is 0 Å². The second kappa shape index (κ2) is 7.70. The van der Waals surface area contributed by atoms with Crippen LogP contribution in [0.25, 0.3) is 0 Å². The lowest BCUT2D eigenvalue weighted by Crippen LogP contribution is -2.37. The molecule has 0 spiro atoms. The zero-order valence-electron chi connectivity index (χ0n) is 14.9. The minimum absolute atomic E-state index is 0.154. The fourth-order valence-corrected chi connectivity index (χ4v) is 4.42. The van der Waals surface area contributed by atoms with Crippen LogP contribution >= 0.6 is 11.3 Å². The summed E-state index contributed by atoms with van der Waals surface area (Å²) in [6, 6.07) is 5.66. The summed E-state index contributed by atoms with van der Waals surface area (Å²) < 4.78 is 6.67. The molecule has 3 aromatic heterocycles. The number of aryl methyl sites for hydroxylation is 1. The summed E-state index contributed by atoms with van der Waals surface area (Å²) in [7, 11) is 0. The van der Waals surface area contributed by atoms with Crippen molar-refractivity contribution in [3.63, 3.8) is 0 Å². The summed E-state index contributed by atoms with van der Waals surface area (Å²) in [5.41, 5.74) is 1.42. The predicted octanol–water partition coefficient (Wildman–Crippen LogP) is 3.01. The Morgan fingerprint density at radius 1 is 1.43 bits per heavy atom. The van der Waals surface area contributed by atoms with Gasteiger partial charge in [-0.25, -0.2) is 9.78 Å². The van der Waals surface area contributed by atoms with Crippen molar-refractivity contribution in [2.45, 2.75) is 25.8 Å². The third-order valence-corrected chi connectivity index (χ3v) is 5.73. The summed E-state index contributed by atoms with van der Waals surface area (Å²) in [4.78, 5) is 31.3. The van der Waals surface area contributed by atoms with Gasteiger partial charge in [-0.2, -0.15) is 5.26 Å². The van der Waals surface area contributed by atoms with Crippen molar-refractivity contribution >= 4 is 28.3 Å². The topological polar surface area (TPSA) is 104 Å². The van der Waals surface area contributed by atoms with Gasteiger partial charge in [-0.05, 0) is 24.1 Å². The molecule has 28 heavy (non-hydrogen) atoms. The Morgan fingerprint density at radius 2 is 2.32 bits per heavy atom. The Hall–Kier alpha value is -3.38. The largest absolute Gasteiger partial charge is 0.469 e. The van der Waals surface area contributed by atoms with Gasteiger partial charge in [-0.1, -0.05) is 0 Å². The molecule has 1 aliphatic heterocycles. The Labute approximate surface area is 165 Å². The van der Waals surface area contributed by atoms with Crippen molar-refractivity contribution in [1.29, 1.82) is 5.26 Å². The molecule has 4 rings (SSSR count). The van der Waals surface area contributed by atoms with E-state index in [1.165, 1.54) is 22.2 Å². The molecule has 0 bridgehead atoms. The third-order valence-electron chi connectivity index (χ3n) is 4.60. The Balaban J connectivity index is 1.46. The number of nitriles is 1. The van der Waals surface area contributed by atoms with Crippen LogP contribution in [0.3, 0.4) is 0 Å². The molecule has 0 fully saturated rings. The van der Waals surface area contributed by atoms with E-state index >= 15 is 0 Å². The van der Waals surface area contributed by atoms with E-state index in [1.807, 2.05) is 6.07 Å². The number of nitrogens with one attached hydrogen (secondary N) is 1. The van der Waals surface area contributed by atoms with Crippen molar-refractivity contribution in [3.05, 3.63) is 58.9 Å². The number of thiophene rings is 1. The molecular weight excluding hydrogens is 378 g/mol. The maximum Gasteiger partial charge on any atom is 0.329 e. The molecule has 2 amide bonds. The molecule has 9 heteroatoms. The number of fused-ring (bicyclic) bond motifs is 1. The van der Waals surface area contributed by atoms with E-state index in [1.54, 1.807) is 29.6 Å². The summed E-state index contributed by atoms with van der Waals surface area (Å²) in [6.07, 6.45) is 7.56. The first-order chi connectivity index (χ1) is 13.7. The molecule has 1 aliphatic rings. The zero-order valence-corrected chi connectivity index (χ0v) is 15.7. The highest BCUT2D eigenvalue weighted by molar-refractivity contribution is 7.16. The molecule has 0 saturated carbocycles. The van der Waals surface area contributed by atoms with Crippen molar-refractivity contribution in [2.24, 2.45) is 0 Å². The predicted molar refractivity (Wildman–Crippen MR) is 102 cm³/mol. The molecule has 0 radical (unpaired) electrons. The van der Waals surface area contributed by atoms with Gasteiger partial charge in [0.1, 0.15) is 23.2 Å². The molecule has 0 atom stereocenters. The van der Waals surface area contributed by atoms with Crippen LogP contribution in [0.5, 0.6) is 0 Å². The Bertz CT molecular complexity index is 1030. The monoisotopic (exact) mass is 395 g/mol. The minimum atomic E-state index is -0.169. The van der Waals surface area contributed by atoms with E-state index in [-0.39, 0.29) is 18.4 Å². The maximum atomic E-state index is 12.5. The van der Waals surface area contributed by atoms with Gasteiger partial charge in [0.2, 0.25) is 5.91 Å². The van der Waals surface area contributed by atoms with Crippen LogP contribution in [0.15, 0.2) is 41.5 Å². The number of imidazole rings is 1. The normalized spacial score (nSPS) is 13.0. The van der Waals surface area contributed by atoms with Crippen molar-refractivity contribution in [2.75, 3.05) is 11.9 Å². The molecule has 0 aromatic carbocycles. The third kappa shape index (κ3) is 3.54. The van der Waals surface area contributed by atoms with E-state index in [0.29, 0.717) is 36.5 Å². The number of nitrogens with zero attached hydrogens (tertiary/aromatic N) is 4. The van der Waals surface area contributed by atoms with Crippen LogP contribution in [0.1, 0.15) is 28.2 Å². The Kier molecular flexibility index (Phi) is 4.95. The quantitative estimate of drug-likeness (QED) is 0.731. The number of rotatable bonds is 4. The molecule has 1 N–H and O–H groups in total. The minimum Gasteiger partial charge on any atom is -0.469 e. The molecule has 3 aromatic rings. The fraction of sp³-hybridized carbons (Fsp3) is 0.263. The molecular formula is C19H17N5O3S. The highest BCUT2D eigenvalue weighted by Gasteiger charge is 2.28. The van der Waals surface area contributed by atoms with Crippen LogP contribution in [-0.4, -0.2) is 32.9 Å². The van der Waals surface area contributed by atoms with Crippen LogP contribution < -0.4 is 5.32 Å². The van der Waals surface area contributed by atoms with Crippen LogP contribution in [0, 0.1) is 11.3 Å². The molecule has 0 unspecified atom stereocenters. The van der Waals surface area contributed by atoms with Crippen molar-refractivity contribution < 1.29 is 14.0 Å². The molecule has 0 saturated heterocycles. The van der Waals surface area contributed by atoms with Crippen LogP contribution in [0.4, 0.5) is 9.80 Å². The molecule has 8 nitrogen and oxygen atoms in total. The number of hydrogen-bond donors (Lipinski definition) is 1. The van der Waals surface area contributed by atoms with Gasteiger partial charge in [0.15, 0.2) is 0 Å².